The second-order valence-corrected chi connectivity index (χ2v) is 6.20. The molecular formula is C18H22N4O2. The van der Waals surface area contributed by atoms with Crippen LogP contribution < -0.4 is 9.64 Å². The quantitative estimate of drug-likeness (QED) is 0.861. The molecule has 1 aromatic heterocycles. The first-order valence-corrected chi connectivity index (χ1v) is 8.05. The van der Waals surface area contributed by atoms with E-state index in [-0.39, 0.29) is 12.0 Å². The van der Waals surface area contributed by atoms with Crippen LogP contribution in [0.1, 0.15) is 22.3 Å². The molecule has 1 fully saturated rings. The number of amides is 1. The predicted octanol–water partition coefficient (Wildman–Crippen LogP) is 2.14. The maximum atomic E-state index is 12.6. The number of aromatic nitrogens is 2. The van der Waals surface area contributed by atoms with Gasteiger partial charge in [-0.25, -0.2) is 0 Å². The molecule has 6 nitrogen and oxygen atoms in total. The summed E-state index contributed by atoms with van der Waals surface area (Å²) in [5, 5.41) is 0. The molecule has 2 aromatic rings. The van der Waals surface area contributed by atoms with Crippen molar-refractivity contribution in [2.24, 2.45) is 0 Å². The van der Waals surface area contributed by atoms with E-state index in [1.807, 2.05) is 55.1 Å². The van der Waals surface area contributed by atoms with E-state index in [1.54, 1.807) is 12.4 Å². The first-order chi connectivity index (χ1) is 11.5. The van der Waals surface area contributed by atoms with E-state index in [9.17, 15) is 4.79 Å². The molecule has 6 heteroatoms. The van der Waals surface area contributed by atoms with Crippen LogP contribution in [0.3, 0.4) is 0 Å². The van der Waals surface area contributed by atoms with E-state index in [1.165, 1.54) is 0 Å². The zero-order valence-electron chi connectivity index (χ0n) is 14.3. The van der Waals surface area contributed by atoms with Crippen molar-refractivity contribution in [3.8, 4) is 5.88 Å². The Hall–Kier alpha value is -2.63. The third-order valence-corrected chi connectivity index (χ3v) is 4.15. The van der Waals surface area contributed by atoms with Crippen molar-refractivity contribution < 1.29 is 9.53 Å². The van der Waals surface area contributed by atoms with Crippen LogP contribution in [0.4, 0.5) is 5.82 Å². The number of benzene rings is 1. The summed E-state index contributed by atoms with van der Waals surface area (Å²) in [6.45, 7) is 3.22. The molecule has 126 valence electrons. The fourth-order valence-electron chi connectivity index (χ4n) is 2.77. The Morgan fingerprint density at radius 2 is 2.08 bits per heavy atom. The number of ether oxygens (including phenoxy) is 1. The number of anilines is 1. The lowest BCUT2D eigenvalue weighted by atomic mass is 10.1. The highest BCUT2D eigenvalue weighted by molar-refractivity contribution is 5.95. The lowest BCUT2D eigenvalue weighted by Gasteiger charge is -2.18. The Balaban J connectivity index is 1.64. The first-order valence-electron chi connectivity index (χ1n) is 8.05. The van der Waals surface area contributed by atoms with Crippen LogP contribution in [-0.2, 0) is 0 Å². The minimum atomic E-state index is -0.0512. The second-order valence-electron chi connectivity index (χ2n) is 6.20. The van der Waals surface area contributed by atoms with E-state index in [0.29, 0.717) is 19.0 Å². The standard InChI is InChI=1S/C18H22N4O2/c1-13-6-4-5-7-15(13)18(23)22-9-8-14(12-22)24-17-11-19-10-16(20-17)21(2)3/h4-7,10-11,14H,8-9,12H2,1-3H3. The van der Waals surface area contributed by atoms with Crippen molar-refractivity contribution in [2.75, 3.05) is 32.1 Å². The van der Waals surface area contributed by atoms with E-state index in [0.717, 1.165) is 23.4 Å². The van der Waals surface area contributed by atoms with Gasteiger partial charge in [0.05, 0.1) is 18.9 Å². The van der Waals surface area contributed by atoms with Crippen molar-refractivity contribution in [2.45, 2.75) is 19.4 Å². The van der Waals surface area contributed by atoms with Crippen molar-refractivity contribution >= 4 is 11.7 Å². The van der Waals surface area contributed by atoms with Crippen LogP contribution in [0.25, 0.3) is 0 Å². The fraction of sp³-hybridized carbons (Fsp3) is 0.389. The Labute approximate surface area is 142 Å². The van der Waals surface area contributed by atoms with Gasteiger partial charge in [-0.15, -0.1) is 0 Å². The van der Waals surface area contributed by atoms with Gasteiger partial charge in [-0.2, -0.15) is 4.98 Å². The summed E-state index contributed by atoms with van der Waals surface area (Å²) in [5.41, 5.74) is 1.75. The molecule has 1 aliphatic heterocycles. The number of aryl methyl sites for hydroxylation is 1. The highest BCUT2D eigenvalue weighted by Gasteiger charge is 2.29. The van der Waals surface area contributed by atoms with Crippen LogP contribution in [0.2, 0.25) is 0 Å². The summed E-state index contributed by atoms with van der Waals surface area (Å²) >= 11 is 0. The highest BCUT2D eigenvalue weighted by atomic mass is 16.5. The summed E-state index contributed by atoms with van der Waals surface area (Å²) in [7, 11) is 3.82. The van der Waals surface area contributed by atoms with E-state index in [4.69, 9.17) is 4.74 Å². The molecule has 1 aliphatic rings. The molecule has 1 aromatic carbocycles. The molecule has 0 aliphatic carbocycles. The lowest BCUT2D eigenvalue weighted by Crippen LogP contribution is -2.31. The maximum Gasteiger partial charge on any atom is 0.254 e. The number of rotatable bonds is 4. The predicted molar refractivity (Wildman–Crippen MR) is 92.5 cm³/mol. The van der Waals surface area contributed by atoms with E-state index in [2.05, 4.69) is 9.97 Å². The summed E-state index contributed by atoms with van der Waals surface area (Å²) in [4.78, 5) is 24.9. The number of carbonyl (C=O) groups is 1. The van der Waals surface area contributed by atoms with Crippen LogP contribution in [-0.4, -0.2) is 54.1 Å². The van der Waals surface area contributed by atoms with Crippen molar-refractivity contribution in [1.29, 1.82) is 0 Å². The van der Waals surface area contributed by atoms with Gasteiger partial charge in [-0.3, -0.25) is 9.78 Å². The molecule has 0 N–H and O–H groups in total. The van der Waals surface area contributed by atoms with Crippen LogP contribution >= 0.6 is 0 Å². The van der Waals surface area contributed by atoms with Gasteiger partial charge in [0.25, 0.3) is 5.91 Å². The Morgan fingerprint density at radius 3 is 2.83 bits per heavy atom. The van der Waals surface area contributed by atoms with E-state index < -0.39 is 0 Å². The average Bonchev–Trinajstić information content (AvgIpc) is 3.03. The van der Waals surface area contributed by atoms with Gasteiger partial charge < -0.3 is 14.5 Å². The number of hydrogen-bond donors (Lipinski definition) is 0. The molecule has 1 atom stereocenters. The molecule has 24 heavy (non-hydrogen) atoms. The smallest absolute Gasteiger partial charge is 0.254 e. The lowest BCUT2D eigenvalue weighted by molar-refractivity contribution is 0.0770. The third kappa shape index (κ3) is 3.48. The SMILES string of the molecule is Cc1ccccc1C(=O)N1CCC(Oc2cncc(N(C)C)n2)C1. The Kier molecular flexibility index (Phi) is 4.64. The monoisotopic (exact) mass is 326 g/mol. The van der Waals surface area contributed by atoms with Gasteiger partial charge >= 0.3 is 0 Å². The largest absolute Gasteiger partial charge is 0.471 e. The van der Waals surface area contributed by atoms with Gasteiger partial charge in [-0.1, -0.05) is 18.2 Å². The first kappa shape index (κ1) is 16.2. The Bertz CT molecular complexity index is 732. The number of carbonyl (C=O) groups excluding carboxylic acids is 1. The molecule has 0 saturated carbocycles. The van der Waals surface area contributed by atoms with Gasteiger partial charge in [0, 0.05) is 32.6 Å². The highest BCUT2D eigenvalue weighted by Crippen LogP contribution is 2.20. The van der Waals surface area contributed by atoms with Crippen LogP contribution in [0.15, 0.2) is 36.7 Å². The molecule has 3 rings (SSSR count). The molecule has 0 spiro atoms. The Morgan fingerprint density at radius 1 is 1.29 bits per heavy atom. The third-order valence-electron chi connectivity index (χ3n) is 4.15. The van der Waals surface area contributed by atoms with Gasteiger partial charge in [-0.05, 0) is 18.6 Å². The van der Waals surface area contributed by atoms with Gasteiger partial charge in [0.1, 0.15) is 6.10 Å². The zero-order chi connectivity index (χ0) is 17.1. The van der Waals surface area contributed by atoms with Crippen LogP contribution in [0.5, 0.6) is 5.88 Å². The van der Waals surface area contributed by atoms with Crippen molar-refractivity contribution in [3.63, 3.8) is 0 Å². The summed E-state index contributed by atoms with van der Waals surface area (Å²) in [5.74, 6) is 1.31. The molecule has 1 unspecified atom stereocenters. The topological polar surface area (TPSA) is 58.6 Å². The van der Waals surface area contributed by atoms with Crippen LogP contribution in [0, 0.1) is 6.92 Å². The normalized spacial score (nSPS) is 17.0. The molecule has 1 amide bonds. The van der Waals surface area contributed by atoms with E-state index >= 15 is 0 Å². The molecule has 1 saturated heterocycles. The maximum absolute atomic E-state index is 12.6. The van der Waals surface area contributed by atoms with Crippen molar-refractivity contribution in [1.82, 2.24) is 14.9 Å². The summed E-state index contributed by atoms with van der Waals surface area (Å²) < 4.78 is 5.92. The zero-order valence-corrected chi connectivity index (χ0v) is 14.3. The molecule has 0 radical (unpaired) electrons. The fourth-order valence-corrected chi connectivity index (χ4v) is 2.77. The minimum Gasteiger partial charge on any atom is -0.471 e. The molecule has 0 bridgehead atoms. The molecule has 2 heterocycles. The average molecular weight is 326 g/mol. The number of hydrogen-bond acceptors (Lipinski definition) is 5. The molecular weight excluding hydrogens is 304 g/mol. The summed E-state index contributed by atoms with van der Waals surface area (Å²) in [6, 6.07) is 7.67. The van der Waals surface area contributed by atoms with Gasteiger partial charge in [0.15, 0.2) is 5.82 Å². The van der Waals surface area contributed by atoms with Gasteiger partial charge in [0.2, 0.25) is 5.88 Å². The minimum absolute atomic E-state index is 0.0512. The number of likely N-dealkylation sites (tertiary alicyclic amines) is 1. The number of nitrogens with zero attached hydrogens (tertiary/aromatic N) is 4. The second kappa shape index (κ2) is 6.86. The summed E-state index contributed by atoms with van der Waals surface area (Å²) in [6.07, 6.45) is 4.05. The van der Waals surface area contributed by atoms with Crippen molar-refractivity contribution in [3.05, 3.63) is 47.8 Å².